The second-order valence-electron chi connectivity index (χ2n) is 3.97. The summed E-state index contributed by atoms with van der Waals surface area (Å²) in [5, 5.41) is 14.4. The largest absolute Gasteiger partial charge is 0.332 e. The van der Waals surface area contributed by atoms with Crippen LogP contribution in [0.2, 0.25) is 0 Å². The fourth-order valence-electron chi connectivity index (χ4n) is 1.59. The summed E-state index contributed by atoms with van der Waals surface area (Å²) in [6, 6.07) is 17.7. The van der Waals surface area contributed by atoms with E-state index in [9.17, 15) is 4.79 Å². The lowest BCUT2D eigenvalue weighted by atomic mass is 10.2. The zero-order valence-electron chi connectivity index (χ0n) is 10.5. The lowest BCUT2D eigenvalue weighted by Crippen LogP contribution is -2.34. The minimum absolute atomic E-state index is 0.189. The van der Waals surface area contributed by atoms with Crippen molar-refractivity contribution in [2.45, 2.75) is 0 Å². The molecule has 0 fully saturated rings. The van der Waals surface area contributed by atoms with Crippen LogP contribution >= 0.6 is 12.2 Å². The molecule has 0 saturated carbocycles. The van der Waals surface area contributed by atoms with Gasteiger partial charge in [0.2, 0.25) is 0 Å². The Morgan fingerprint density at radius 2 is 1.85 bits per heavy atom. The lowest BCUT2D eigenvalue weighted by Gasteiger charge is -2.09. The molecular formula is C15H11N3OS. The predicted octanol–water partition coefficient (Wildman–Crippen LogP) is 2.69. The molecule has 2 aromatic rings. The van der Waals surface area contributed by atoms with E-state index >= 15 is 0 Å². The molecule has 20 heavy (non-hydrogen) atoms. The number of rotatable bonds is 2. The van der Waals surface area contributed by atoms with E-state index in [0.717, 1.165) is 0 Å². The zero-order valence-corrected chi connectivity index (χ0v) is 11.3. The average Bonchev–Trinajstić information content (AvgIpc) is 2.48. The van der Waals surface area contributed by atoms with E-state index in [1.807, 2.05) is 12.1 Å². The highest BCUT2D eigenvalue weighted by Crippen LogP contribution is 2.09. The highest BCUT2D eigenvalue weighted by atomic mass is 32.1. The van der Waals surface area contributed by atoms with Crippen LogP contribution in [0.4, 0.5) is 5.69 Å². The van der Waals surface area contributed by atoms with Crippen molar-refractivity contribution < 1.29 is 4.79 Å². The maximum atomic E-state index is 11.9. The Bertz CT molecular complexity index is 677. The summed E-state index contributed by atoms with van der Waals surface area (Å²) in [6.45, 7) is 0. The molecule has 0 aliphatic heterocycles. The van der Waals surface area contributed by atoms with Gasteiger partial charge in [0.1, 0.15) is 0 Å². The Balaban J connectivity index is 1.99. The molecule has 0 bridgehead atoms. The minimum Gasteiger partial charge on any atom is -0.332 e. The van der Waals surface area contributed by atoms with Crippen molar-refractivity contribution in [3.05, 3.63) is 65.7 Å². The number of benzene rings is 2. The summed E-state index contributed by atoms with van der Waals surface area (Å²) in [5.41, 5.74) is 1.71. The average molecular weight is 281 g/mol. The highest BCUT2D eigenvalue weighted by Gasteiger charge is 2.07. The minimum atomic E-state index is -0.278. The molecule has 2 N–H and O–H groups in total. The van der Waals surface area contributed by atoms with Gasteiger partial charge < -0.3 is 5.32 Å². The molecule has 98 valence electrons. The molecule has 4 nitrogen and oxygen atoms in total. The van der Waals surface area contributed by atoms with Gasteiger partial charge in [0.15, 0.2) is 5.11 Å². The first kappa shape index (κ1) is 13.7. The van der Waals surface area contributed by atoms with E-state index in [-0.39, 0.29) is 11.0 Å². The van der Waals surface area contributed by atoms with Gasteiger partial charge in [-0.15, -0.1) is 0 Å². The van der Waals surface area contributed by atoms with Crippen LogP contribution in [0.3, 0.4) is 0 Å². The monoisotopic (exact) mass is 281 g/mol. The van der Waals surface area contributed by atoms with Gasteiger partial charge in [0.25, 0.3) is 5.91 Å². The third kappa shape index (κ3) is 3.64. The van der Waals surface area contributed by atoms with Crippen LogP contribution in [0, 0.1) is 11.3 Å². The molecule has 2 aromatic carbocycles. The number of nitrogens with zero attached hydrogens (tertiary/aromatic N) is 1. The van der Waals surface area contributed by atoms with Crippen LogP contribution in [0.25, 0.3) is 0 Å². The first-order chi connectivity index (χ1) is 9.69. The van der Waals surface area contributed by atoms with E-state index in [1.165, 1.54) is 0 Å². The van der Waals surface area contributed by atoms with E-state index in [0.29, 0.717) is 16.8 Å². The van der Waals surface area contributed by atoms with E-state index in [2.05, 4.69) is 10.6 Å². The van der Waals surface area contributed by atoms with Crippen molar-refractivity contribution in [1.82, 2.24) is 5.32 Å². The molecule has 0 heterocycles. The number of nitriles is 1. The van der Waals surface area contributed by atoms with Gasteiger partial charge >= 0.3 is 0 Å². The Morgan fingerprint density at radius 3 is 2.55 bits per heavy atom. The molecule has 0 radical (unpaired) electrons. The molecule has 0 unspecified atom stereocenters. The van der Waals surface area contributed by atoms with Gasteiger partial charge in [-0.1, -0.05) is 24.3 Å². The van der Waals surface area contributed by atoms with E-state index in [4.69, 9.17) is 17.5 Å². The quantitative estimate of drug-likeness (QED) is 0.831. The number of thiocarbonyl (C=S) groups is 1. The summed E-state index contributed by atoms with van der Waals surface area (Å²) in [5.74, 6) is -0.278. The van der Waals surface area contributed by atoms with Crippen molar-refractivity contribution in [1.29, 1.82) is 5.26 Å². The van der Waals surface area contributed by atoms with Gasteiger partial charge in [0, 0.05) is 11.3 Å². The Hall–Kier alpha value is -2.71. The molecule has 0 atom stereocenters. The fraction of sp³-hybridized carbons (Fsp3) is 0. The normalized spacial score (nSPS) is 9.35. The van der Waals surface area contributed by atoms with Crippen LogP contribution in [0.5, 0.6) is 0 Å². The lowest BCUT2D eigenvalue weighted by molar-refractivity contribution is 0.0978. The van der Waals surface area contributed by atoms with Gasteiger partial charge in [0.05, 0.1) is 11.6 Å². The fourth-order valence-corrected chi connectivity index (χ4v) is 1.80. The van der Waals surface area contributed by atoms with Crippen LogP contribution in [0.15, 0.2) is 54.6 Å². The third-order valence-electron chi connectivity index (χ3n) is 2.51. The molecule has 0 aliphatic rings. The molecule has 2 rings (SSSR count). The molecule has 0 saturated heterocycles. The molecular weight excluding hydrogens is 270 g/mol. The van der Waals surface area contributed by atoms with E-state index < -0.39 is 0 Å². The van der Waals surface area contributed by atoms with Crippen LogP contribution < -0.4 is 10.6 Å². The van der Waals surface area contributed by atoms with Crippen molar-refractivity contribution >= 4 is 28.9 Å². The third-order valence-corrected chi connectivity index (χ3v) is 2.72. The second kappa shape index (κ2) is 6.45. The standard InChI is InChI=1S/C15H11N3OS/c16-10-11-5-4-8-13(9-11)17-15(20)18-14(19)12-6-2-1-3-7-12/h1-9H,(H2,17,18,19,20). The molecule has 0 aliphatic carbocycles. The molecule has 1 amide bonds. The summed E-state index contributed by atoms with van der Waals surface area (Å²) >= 11 is 5.07. The molecule has 0 aromatic heterocycles. The maximum Gasteiger partial charge on any atom is 0.257 e. The number of carbonyl (C=O) groups excluding carboxylic acids is 1. The van der Waals surface area contributed by atoms with Gasteiger partial charge in [-0.3, -0.25) is 10.1 Å². The summed E-state index contributed by atoms with van der Waals surface area (Å²) in [7, 11) is 0. The number of anilines is 1. The van der Waals surface area contributed by atoms with E-state index in [1.54, 1.807) is 48.5 Å². The SMILES string of the molecule is N#Cc1cccc(NC(=S)NC(=O)c2ccccc2)c1. The number of amides is 1. The van der Waals surface area contributed by atoms with Gasteiger partial charge in [-0.25, -0.2) is 0 Å². The van der Waals surface area contributed by atoms with Crippen LogP contribution in [0.1, 0.15) is 15.9 Å². The van der Waals surface area contributed by atoms with Crippen molar-refractivity contribution in [3.63, 3.8) is 0 Å². The second-order valence-corrected chi connectivity index (χ2v) is 4.38. The first-order valence-corrected chi connectivity index (χ1v) is 6.27. The first-order valence-electron chi connectivity index (χ1n) is 5.86. The summed E-state index contributed by atoms with van der Waals surface area (Å²) in [6.07, 6.45) is 0. The highest BCUT2D eigenvalue weighted by molar-refractivity contribution is 7.80. The zero-order chi connectivity index (χ0) is 14.4. The Morgan fingerprint density at radius 1 is 1.10 bits per heavy atom. The number of nitrogens with one attached hydrogen (secondary N) is 2. The number of hydrogen-bond acceptors (Lipinski definition) is 3. The van der Waals surface area contributed by atoms with Gasteiger partial charge in [-0.05, 0) is 42.5 Å². The summed E-state index contributed by atoms with van der Waals surface area (Å²) in [4.78, 5) is 11.9. The van der Waals surface area contributed by atoms with Crippen molar-refractivity contribution in [3.8, 4) is 6.07 Å². The Kier molecular flexibility index (Phi) is 4.43. The number of hydrogen-bond donors (Lipinski definition) is 2. The molecule has 0 spiro atoms. The number of carbonyl (C=O) groups is 1. The summed E-state index contributed by atoms with van der Waals surface area (Å²) < 4.78 is 0. The molecule has 5 heteroatoms. The topological polar surface area (TPSA) is 64.9 Å². The van der Waals surface area contributed by atoms with Crippen molar-refractivity contribution in [2.24, 2.45) is 0 Å². The Labute approximate surface area is 122 Å². The van der Waals surface area contributed by atoms with Gasteiger partial charge in [-0.2, -0.15) is 5.26 Å². The predicted molar refractivity (Wildman–Crippen MR) is 81.3 cm³/mol. The van der Waals surface area contributed by atoms with Crippen molar-refractivity contribution in [2.75, 3.05) is 5.32 Å². The van der Waals surface area contributed by atoms with Crippen LogP contribution in [-0.4, -0.2) is 11.0 Å². The smallest absolute Gasteiger partial charge is 0.257 e. The van der Waals surface area contributed by atoms with Crippen LogP contribution in [-0.2, 0) is 0 Å². The maximum absolute atomic E-state index is 11.9.